The van der Waals surface area contributed by atoms with E-state index in [0.717, 1.165) is 49.9 Å². The number of aromatic nitrogens is 1. The molecule has 0 radical (unpaired) electrons. The number of morpholine rings is 1. The number of benzene rings is 1. The van der Waals surface area contributed by atoms with Gasteiger partial charge < -0.3 is 25.0 Å². The highest BCUT2D eigenvalue weighted by atomic mass is 16.6. The second-order valence-electron chi connectivity index (χ2n) is 12.2. The number of rotatable bonds is 7. The van der Waals surface area contributed by atoms with Crippen molar-refractivity contribution in [2.45, 2.75) is 44.6 Å². The van der Waals surface area contributed by atoms with E-state index in [1.54, 1.807) is 0 Å². The number of likely N-dealkylation sites (N-methyl/N-ethyl adjacent to an activating group) is 1. The van der Waals surface area contributed by atoms with Crippen molar-refractivity contribution < 1.29 is 19.1 Å². The third kappa shape index (κ3) is 5.34. The molecule has 2 unspecified atom stereocenters. The molecule has 1 aromatic carbocycles. The zero-order valence-corrected chi connectivity index (χ0v) is 24.2. The van der Waals surface area contributed by atoms with Gasteiger partial charge in [-0.2, -0.15) is 0 Å². The number of carbonyl (C=O) groups is 2. The van der Waals surface area contributed by atoms with Gasteiger partial charge in [-0.25, -0.2) is 9.59 Å². The number of piperidine rings is 2. The van der Waals surface area contributed by atoms with Crippen LogP contribution >= 0.6 is 0 Å². The summed E-state index contributed by atoms with van der Waals surface area (Å²) >= 11 is 0. The first-order valence-electron chi connectivity index (χ1n) is 15.0. The van der Waals surface area contributed by atoms with Crippen molar-refractivity contribution in [3.63, 3.8) is 0 Å². The molecule has 10 heteroatoms. The van der Waals surface area contributed by atoms with Gasteiger partial charge in [0.15, 0.2) is 0 Å². The predicted octanol–water partition coefficient (Wildman–Crippen LogP) is 2.90. The Morgan fingerprint density at radius 1 is 1.12 bits per heavy atom. The van der Waals surface area contributed by atoms with Crippen molar-refractivity contribution in [1.29, 1.82) is 0 Å². The van der Waals surface area contributed by atoms with Crippen LogP contribution in [-0.4, -0.2) is 111 Å². The molecule has 40 heavy (non-hydrogen) atoms. The summed E-state index contributed by atoms with van der Waals surface area (Å²) in [7, 11) is 3.93. The molecule has 1 saturated carbocycles. The molecule has 5 aliphatic rings. The van der Waals surface area contributed by atoms with Crippen LogP contribution in [0, 0.1) is 11.8 Å². The summed E-state index contributed by atoms with van der Waals surface area (Å²) in [4.78, 5) is 33.4. The van der Waals surface area contributed by atoms with E-state index in [9.17, 15) is 9.59 Å². The average molecular weight is 553 g/mol. The molecule has 4 bridgehead atoms. The molecule has 5 atom stereocenters. The minimum Gasteiger partial charge on any atom is -0.410 e. The predicted molar refractivity (Wildman–Crippen MR) is 154 cm³/mol. The highest BCUT2D eigenvalue weighted by Crippen LogP contribution is 2.52. The molecule has 10 nitrogen and oxygen atoms in total. The van der Waals surface area contributed by atoms with Gasteiger partial charge in [0, 0.05) is 62.3 Å². The van der Waals surface area contributed by atoms with E-state index in [2.05, 4.69) is 27.4 Å². The third-order valence-electron chi connectivity index (χ3n) is 9.44. The van der Waals surface area contributed by atoms with Crippen LogP contribution in [0.4, 0.5) is 9.59 Å². The molecule has 3 saturated heterocycles. The van der Waals surface area contributed by atoms with Crippen LogP contribution in [0.15, 0.2) is 18.2 Å². The van der Waals surface area contributed by atoms with Crippen LogP contribution in [0.3, 0.4) is 0 Å². The van der Waals surface area contributed by atoms with Gasteiger partial charge in [-0.15, -0.1) is 0 Å². The Hall–Kier alpha value is -2.66. The molecule has 2 aromatic rings. The van der Waals surface area contributed by atoms with E-state index in [4.69, 9.17) is 9.47 Å². The fourth-order valence-electron chi connectivity index (χ4n) is 7.65. The molecule has 5 heterocycles. The van der Waals surface area contributed by atoms with Crippen molar-refractivity contribution in [3.8, 4) is 5.75 Å². The van der Waals surface area contributed by atoms with E-state index in [1.165, 1.54) is 30.6 Å². The fourth-order valence-corrected chi connectivity index (χ4v) is 7.65. The number of ether oxygens (including phenoxy) is 2. The second kappa shape index (κ2) is 11.7. The van der Waals surface area contributed by atoms with Gasteiger partial charge in [-0.1, -0.05) is 13.3 Å². The maximum Gasteiger partial charge on any atom is 0.412 e. The Morgan fingerprint density at radius 3 is 2.73 bits per heavy atom. The van der Waals surface area contributed by atoms with E-state index < -0.39 is 6.09 Å². The molecule has 218 valence electrons. The zero-order valence-electron chi connectivity index (χ0n) is 24.2. The van der Waals surface area contributed by atoms with Crippen LogP contribution in [-0.2, 0) is 11.2 Å². The number of nitrogens with zero attached hydrogens (tertiary/aromatic N) is 4. The maximum absolute atomic E-state index is 14.0. The van der Waals surface area contributed by atoms with Crippen molar-refractivity contribution >= 4 is 23.0 Å². The van der Waals surface area contributed by atoms with Gasteiger partial charge in [0.1, 0.15) is 5.75 Å². The zero-order chi connectivity index (χ0) is 27.8. The van der Waals surface area contributed by atoms with Gasteiger partial charge in [0.2, 0.25) is 0 Å². The van der Waals surface area contributed by atoms with Crippen LogP contribution in [0.25, 0.3) is 10.9 Å². The fraction of sp³-hybridized carbons (Fsp3) is 0.667. The lowest BCUT2D eigenvalue weighted by molar-refractivity contribution is -0.0139. The summed E-state index contributed by atoms with van der Waals surface area (Å²) in [5.74, 6) is 2.17. The first-order valence-corrected chi connectivity index (χ1v) is 15.0. The number of amides is 2. The van der Waals surface area contributed by atoms with Gasteiger partial charge in [0.25, 0.3) is 0 Å². The summed E-state index contributed by atoms with van der Waals surface area (Å²) < 4.78 is 13.1. The quantitative estimate of drug-likeness (QED) is 0.546. The standard InChI is InChI=1S/C30H44N6O4/c1-4-21-15-20-16-25-27(21)35(18-20)9-7-23-24-17-22(40-30(38)31-8-10-33(2)3)5-6-26(24)36(28(23)25)29(37)32-19-34-11-13-39-14-12-34/h5-6,17,20-21,25,27H,4,7-16,18-19H2,1-3H3,(H,31,38)(H,32,37)/t20-,21-,25+,27?/m0/s1. The third-order valence-corrected chi connectivity index (χ3v) is 9.44. The maximum atomic E-state index is 14.0. The second-order valence-corrected chi connectivity index (χ2v) is 12.2. The first kappa shape index (κ1) is 27.5. The number of hydrogen-bond donors (Lipinski definition) is 2. The van der Waals surface area contributed by atoms with Crippen LogP contribution in [0.2, 0.25) is 0 Å². The van der Waals surface area contributed by atoms with Crippen LogP contribution in [0.5, 0.6) is 5.75 Å². The monoisotopic (exact) mass is 552 g/mol. The lowest BCUT2D eigenvalue weighted by atomic mass is 9.65. The molecule has 1 aromatic heterocycles. The first-order chi connectivity index (χ1) is 19.4. The van der Waals surface area contributed by atoms with Gasteiger partial charge in [-0.05, 0) is 69.0 Å². The molecular weight excluding hydrogens is 508 g/mol. The molecule has 2 amide bonds. The topological polar surface area (TPSA) is 91.3 Å². The smallest absolute Gasteiger partial charge is 0.410 e. The highest BCUT2D eigenvalue weighted by Gasteiger charge is 2.49. The Morgan fingerprint density at radius 2 is 1.95 bits per heavy atom. The molecular formula is C30H44N6O4. The lowest BCUT2D eigenvalue weighted by Crippen LogP contribution is -2.56. The highest BCUT2D eigenvalue weighted by molar-refractivity contribution is 5.96. The molecule has 4 fully saturated rings. The Labute approximate surface area is 236 Å². The molecule has 0 spiro atoms. The summed E-state index contributed by atoms with van der Waals surface area (Å²) in [5.41, 5.74) is 3.31. The summed E-state index contributed by atoms with van der Waals surface area (Å²) in [6.45, 7) is 9.29. The van der Waals surface area contributed by atoms with Crippen LogP contribution < -0.4 is 15.4 Å². The van der Waals surface area contributed by atoms with E-state index >= 15 is 0 Å². The Balaban J connectivity index is 1.34. The van der Waals surface area contributed by atoms with Crippen molar-refractivity contribution in [3.05, 3.63) is 29.5 Å². The molecule has 7 rings (SSSR count). The Kier molecular flexibility index (Phi) is 8.03. The lowest BCUT2D eigenvalue weighted by Gasteiger charge is -2.53. The van der Waals surface area contributed by atoms with E-state index in [-0.39, 0.29) is 6.03 Å². The van der Waals surface area contributed by atoms with Gasteiger partial charge >= 0.3 is 12.1 Å². The Bertz CT molecular complexity index is 1240. The number of hydrogen-bond acceptors (Lipinski definition) is 7. The summed E-state index contributed by atoms with van der Waals surface area (Å²) in [5, 5.41) is 7.06. The number of nitrogens with one attached hydrogen (secondary N) is 2. The summed E-state index contributed by atoms with van der Waals surface area (Å²) in [6, 6.07) is 6.13. The van der Waals surface area contributed by atoms with Crippen LogP contribution in [0.1, 0.15) is 43.4 Å². The minimum absolute atomic E-state index is 0.0733. The van der Waals surface area contributed by atoms with Gasteiger partial charge in [-0.3, -0.25) is 14.4 Å². The molecule has 2 N–H and O–H groups in total. The van der Waals surface area contributed by atoms with Gasteiger partial charge in [0.05, 0.1) is 25.4 Å². The largest absolute Gasteiger partial charge is 0.412 e. The van der Waals surface area contributed by atoms with Crippen molar-refractivity contribution in [2.75, 3.05) is 73.2 Å². The average Bonchev–Trinajstić information content (AvgIpc) is 3.22. The van der Waals surface area contributed by atoms with Crippen molar-refractivity contribution in [1.82, 2.24) is 29.9 Å². The molecule has 4 aliphatic heterocycles. The summed E-state index contributed by atoms with van der Waals surface area (Å²) in [6.07, 6.45) is 4.04. The number of fused-ring (bicyclic) bond motifs is 4. The van der Waals surface area contributed by atoms with E-state index in [1.807, 2.05) is 41.8 Å². The van der Waals surface area contributed by atoms with E-state index in [0.29, 0.717) is 56.0 Å². The van der Waals surface area contributed by atoms with Crippen molar-refractivity contribution in [2.24, 2.45) is 11.8 Å². The normalized spacial score (nSPS) is 27.9. The SMILES string of the molecule is CC[C@H]1C[C@H]2C[C@H]3c4c(c5cc(OC(=O)NCCN(C)C)ccc5n4C(=O)NCN4CCOCC4)CCN(C2)C13. The molecule has 1 aliphatic carbocycles. The minimum atomic E-state index is -0.458. The number of carbonyl (C=O) groups excluding carboxylic acids is 2.